The molecule has 0 spiro atoms. The fraction of sp³-hybridized carbons (Fsp3) is 0.435. The molecule has 1 aromatic carbocycles. The van der Waals surface area contributed by atoms with Crippen LogP contribution < -0.4 is 9.64 Å². The average Bonchev–Trinajstić information content (AvgIpc) is 3.09. The molecule has 3 rings (SSSR count). The van der Waals surface area contributed by atoms with E-state index in [9.17, 15) is 5.26 Å². The maximum atomic E-state index is 9.56. The summed E-state index contributed by atoms with van der Waals surface area (Å²) < 4.78 is 5.28. The van der Waals surface area contributed by atoms with E-state index in [1.165, 1.54) is 11.3 Å². The van der Waals surface area contributed by atoms with E-state index >= 15 is 0 Å². The fourth-order valence-electron chi connectivity index (χ4n) is 3.34. The Morgan fingerprint density at radius 2 is 1.72 bits per heavy atom. The van der Waals surface area contributed by atoms with E-state index in [2.05, 4.69) is 24.8 Å². The number of benzene rings is 1. The number of unbranched alkanes of at least 4 members (excludes halogenated alkanes) is 2. The predicted molar refractivity (Wildman–Crippen MR) is 121 cm³/mol. The van der Waals surface area contributed by atoms with Gasteiger partial charge < -0.3 is 9.64 Å². The molecule has 152 valence electrons. The highest BCUT2D eigenvalue weighted by molar-refractivity contribution is 7.19. The van der Waals surface area contributed by atoms with Gasteiger partial charge in [0, 0.05) is 18.7 Å². The van der Waals surface area contributed by atoms with Gasteiger partial charge in [0.2, 0.25) is 0 Å². The van der Waals surface area contributed by atoms with Gasteiger partial charge in [-0.3, -0.25) is 0 Å². The van der Waals surface area contributed by atoms with E-state index in [1.54, 1.807) is 7.11 Å². The molecule has 0 atom stereocenters. The lowest BCUT2D eigenvalue weighted by Crippen LogP contribution is -2.27. The first-order valence-electron chi connectivity index (χ1n) is 10.2. The SMILES string of the molecule is CCCCN(CCCC)c1nc(-c2ccc(OC)cc2)nc2sc(C#N)c(C)c12. The normalized spacial score (nSPS) is 10.9. The molecule has 0 aliphatic heterocycles. The van der Waals surface area contributed by atoms with Crippen LogP contribution in [0.1, 0.15) is 50.0 Å². The van der Waals surface area contributed by atoms with Crippen molar-refractivity contribution in [3.05, 3.63) is 34.7 Å². The van der Waals surface area contributed by atoms with Crippen molar-refractivity contribution in [3.8, 4) is 23.2 Å². The Balaban J connectivity index is 2.17. The smallest absolute Gasteiger partial charge is 0.163 e. The number of nitriles is 1. The second-order valence-corrected chi connectivity index (χ2v) is 8.14. The summed E-state index contributed by atoms with van der Waals surface area (Å²) in [6.45, 7) is 8.35. The van der Waals surface area contributed by atoms with Gasteiger partial charge in [-0.25, -0.2) is 9.97 Å². The Bertz CT molecular complexity index is 996. The number of aryl methyl sites for hydroxylation is 1. The number of anilines is 1. The van der Waals surface area contributed by atoms with Crippen molar-refractivity contribution >= 4 is 27.4 Å². The highest BCUT2D eigenvalue weighted by atomic mass is 32.1. The Morgan fingerprint density at radius 1 is 1.07 bits per heavy atom. The highest BCUT2D eigenvalue weighted by Crippen LogP contribution is 2.37. The summed E-state index contributed by atoms with van der Waals surface area (Å²) in [6, 6.07) is 10.1. The average molecular weight is 409 g/mol. The van der Waals surface area contributed by atoms with Crippen LogP contribution in [-0.2, 0) is 0 Å². The molecule has 2 aromatic heterocycles. The van der Waals surface area contributed by atoms with Crippen LogP contribution >= 0.6 is 11.3 Å². The summed E-state index contributed by atoms with van der Waals surface area (Å²) in [7, 11) is 1.66. The molecule has 5 nitrogen and oxygen atoms in total. The third-order valence-electron chi connectivity index (χ3n) is 5.08. The zero-order valence-corrected chi connectivity index (χ0v) is 18.5. The number of fused-ring (bicyclic) bond motifs is 1. The second kappa shape index (κ2) is 9.71. The summed E-state index contributed by atoms with van der Waals surface area (Å²) in [6.07, 6.45) is 4.49. The Hall–Kier alpha value is -2.65. The summed E-state index contributed by atoms with van der Waals surface area (Å²) >= 11 is 1.46. The van der Waals surface area contributed by atoms with Gasteiger partial charge >= 0.3 is 0 Å². The van der Waals surface area contributed by atoms with Gasteiger partial charge in [-0.2, -0.15) is 5.26 Å². The Morgan fingerprint density at radius 3 is 2.28 bits per heavy atom. The summed E-state index contributed by atoms with van der Waals surface area (Å²) in [5, 5.41) is 10.6. The predicted octanol–water partition coefficient (Wildman–Crippen LogP) is 5.95. The van der Waals surface area contributed by atoms with Crippen LogP contribution in [0.4, 0.5) is 5.82 Å². The van der Waals surface area contributed by atoms with Crippen molar-refractivity contribution in [2.45, 2.75) is 46.5 Å². The van der Waals surface area contributed by atoms with Crippen LogP contribution in [0.3, 0.4) is 0 Å². The Labute approximate surface area is 177 Å². The standard InChI is InChI=1S/C23H28N4OS/c1-5-7-13-27(14-8-6-2)22-20-16(3)19(15-24)29-23(20)26-21(25-22)17-9-11-18(28-4)12-10-17/h9-12H,5-8,13-14H2,1-4H3. The van der Waals surface area contributed by atoms with Crippen molar-refractivity contribution in [2.24, 2.45) is 0 Å². The minimum Gasteiger partial charge on any atom is -0.497 e. The molecule has 0 aliphatic carbocycles. The third-order valence-corrected chi connectivity index (χ3v) is 6.17. The van der Waals surface area contributed by atoms with Crippen molar-refractivity contribution < 1.29 is 4.74 Å². The highest BCUT2D eigenvalue weighted by Gasteiger charge is 2.21. The number of aromatic nitrogens is 2. The monoisotopic (exact) mass is 408 g/mol. The van der Waals surface area contributed by atoms with Crippen LogP contribution in [0.2, 0.25) is 0 Å². The maximum Gasteiger partial charge on any atom is 0.163 e. The van der Waals surface area contributed by atoms with Crippen LogP contribution in [0.5, 0.6) is 5.75 Å². The first-order valence-corrected chi connectivity index (χ1v) is 11.0. The molecule has 2 heterocycles. The molecule has 0 radical (unpaired) electrons. The quantitative estimate of drug-likeness (QED) is 0.437. The van der Waals surface area contributed by atoms with Gasteiger partial charge in [-0.1, -0.05) is 26.7 Å². The van der Waals surface area contributed by atoms with Crippen molar-refractivity contribution in [3.63, 3.8) is 0 Å². The minimum atomic E-state index is 0.693. The molecule has 0 fully saturated rings. The van der Waals surface area contributed by atoms with Gasteiger partial charge in [-0.15, -0.1) is 11.3 Å². The van der Waals surface area contributed by atoms with Crippen LogP contribution in [0, 0.1) is 18.3 Å². The van der Waals surface area contributed by atoms with E-state index in [0.717, 1.165) is 71.7 Å². The zero-order valence-electron chi connectivity index (χ0n) is 17.7. The van der Waals surface area contributed by atoms with Crippen LogP contribution in [-0.4, -0.2) is 30.2 Å². The van der Waals surface area contributed by atoms with Gasteiger partial charge in [0.1, 0.15) is 27.3 Å². The van der Waals surface area contributed by atoms with Gasteiger partial charge in [0.25, 0.3) is 0 Å². The first-order chi connectivity index (χ1) is 14.1. The summed E-state index contributed by atoms with van der Waals surface area (Å²) in [5.74, 6) is 2.46. The van der Waals surface area contributed by atoms with Crippen LogP contribution in [0.25, 0.3) is 21.6 Å². The molecule has 6 heteroatoms. The molecular weight excluding hydrogens is 380 g/mol. The summed E-state index contributed by atoms with van der Waals surface area (Å²) in [5.41, 5.74) is 1.94. The van der Waals surface area contributed by atoms with Gasteiger partial charge in [-0.05, 0) is 49.6 Å². The van der Waals surface area contributed by atoms with Crippen molar-refractivity contribution in [1.29, 1.82) is 5.26 Å². The lowest BCUT2D eigenvalue weighted by molar-refractivity contribution is 0.415. The summed E-state index contributed by atoms with van der Waals surface area (Å²) in [4.78, 5) is 13.8. The third kappa shape index (κ3) is 4.51. The largest absolute Gasteiger partial charge is 0.497 e. The molecular formula is C23H28N4OS. The molecule has 0 aliphatic rings. The zero-order chi connectivity index (χ0) is 20.8. The molecule has 29 heavy (non-hydrogen) atoms. The number of hydrogen-bond donors (Lipinski definition) is 0. The van der Waals surface area contributed by atoms with E-state index in [4.69, 9.17) is 14.7 Å². The number of hydrogen-bond acceptors (Lipinski definition) is 6. The number of methoxy groups -OCH3 is 1. The van der Waals surface area contributed by atoms with E-state index < -0.39 is 0 Å². The van der Waals surface area contributed by atoms with Gasteiger partial charge in [0.15, 0.2) is 5.82 Å². The molecule has 0 unspecified atom stereocenters. The molecule has 0 amide bonds. The topological polar surface area (TPSA) is 62.0 Å². The fourth-order valence-corrected chi connectivity index (χ4v) is 4.32. The first kappa shape index (κ1) is 21.1. The maximum absolute atomic E-state index is 9.56. The van der Waals surface area contributed by atoms with E-state index in [1.807, 2.05) is 31.2 Å². The molecule has 0 bridgehead atoms. The molecule has 3 aromatic rings. The minimum absolute atomic E-state index is 0.693. The molecule has 0 saturated carbocycles. The number of ether oxygens (including phenoxy) is 1. The van der Waals surface area contributed by atoms with E-state index in [-0.39, 0.29) is 0 Å². The molecule has 0 saturated heterocycles. The van der Waals surface area contributed by atoms with Crippen molar-refractivity contribution in [2.75, 3.05) is 25.1 Å². The van der Waals surface area contributed by atoms with Crippen molar-refractivity contribution in [1.82, 2.24) is 9.97 Å². The van der Waals surface area contributed by atoms with E-state index in [0.29, 0.717) is 10.7 Å². The Kier molecular flexibility index (Phi) is 7.05. The van der Waals surface area contributed by atoms with Crippen LogP contribution in [0.15, 0.2) is 24.3 Å². The second-order valence-electron chi connectivity index (χ2n) is 7.14. The number of rotatable bonds is 9. The lowest BCUT2D eigenvalue weighted by atomic mass is 10.1. The molecule has 0 N–H and O–H groups in total. The number of nitrogens with zero attached hydrogens (tertiary/aromatic N) is 4. The van der Waals surface area contributed by atoms with Gasteiger partial charge in [0.05, 0.1) is 12.5 Å². The lowest BCUT2D eigenvalue weighted by Gasteiger charge is -2.25. The number of thiophene rings is 1.